The van der Waals surface area contributed by atoms with Gasteiger partial charge in [0.2, 0.25) is 0 Å². The Labute approximate surface area is 113 Å². The second-order valence-corrected chi connectivity index (χ2v) is 5.69. The number of rotatable bonds is 2. The highest BCUT2D eigenvalue weighted by Crippen LogP contribution is 2.26. The van der Waals surface area contributed by atoms with Gasteiger partial charge in [0.1, 0.15) is 5.75 Å². The molecule has 0 atom stereocenters. The molecule has 0 radical (unpaired) electrons. The second kappa shape index (κ2) is 4.85. The summed E-state index contributed by atoms with van der Waals surface area (Å²) in [5, 5.41) is 6.50. The number of amides is 1. The maximum absolute atomic E-state index is 12.3. The van der Waals surface area contributed by atoms with Gasteiger partial charge in [0.05, 0.1) is 6.61 Å². The molecule has 4 nitrogen and oxygen atoms in total. The first-order chi connectivity index (χ1) is 9.16. The molecule has 1 fully saturated rings. The van der Waals surface area contributed by atoms with E-state index in [0.29, 0.717) is 0 Å². The number of benzene rings is 1. The summed E-state index contributed by atoms with van der Waals surface area (Å²) in [7, 11) is 0. The van der Waals surface area contributed by atoms with Crippen molar-refractivity contribution in [3.63, 3.8) is 0 Å². The molecule has 102 valence electrons. The van der Waals surface area contributed by atoms with Crippen LogP contribution in [0.3, 0.4) is 0 Å². The lowest BCUT2D eigenvalue weighted by molar-refractivity contribution is 0.0887. The molecule has 0 spiro atoms. The molecule has 1 amide bonds. The van der Waals surface area contributed by atoms with Gasteiger partial charge in [-0.05, 0) is 56.6 Å². The Kier molecular flexibility index (Phi) is 3.19. The summed E-state index contributed by atoms with van der Waals surface area (Å²) < 4.78 is 5.46. The fourth-order valence-electron chi connectivity index (χ4n) is 2.78. The molecule has 0 bridgehead atoms. The normalized spacial score (nSPS) is 20.5. The summed E-state index contributed by atoms with van der Waals surface area (Å²) >= 11 is 0. The number of hydrogen-bond acceptors (Lipinski definition) is 3. The van der Waals surface area contributed by atoms with Crippen molar-refractivity contribution < 1.29 is 9.53 Å². The van der Waals surface area contributed by atoms with Crippen LogP contribution in [-0.4, -0.2) is 31.1 Å². The summed E-state index contributed by atoms with van der Waals surface area (Å²) in [5.41, 5.74) is 1.80. The van der Waals surface area contributed by atoms with Gasteiger partial charge in [-0.2, -0.15) is 0 Å². The maximum atomic E-state index is 12.3. The number of ether oxygens (including phenoxy) is 1. The zero-order valence-corrected chi connectivity index (χ0v) is 11.3. The topological polar surface area (TPSA) is 50.4 Å². The summed E-state index contributed by atoms with van der Waals surface area (Å²) in [4.78, 5) is 12.3. The molecule has 2 heterocycles. The van der Waals surface area contributed by atoms with Crippen LogP contribution in [-0.2, 0) is 6.42 Å². The lowest BCUT2D eigenvalue weighted by Crippen LogP contribution is -2.52. The molecule has 1 aromatic rings. The van der Waals surface area contributed by atoms with Crippen LogP contribution < -0.4 is 15.4 Å². The highest BCUT2D eigenvalue weighted by Gasteiger charge is 2.28. The standard InChI is InChI=1S/C15H20N2O2/c1-15(5-7-16-8-6-15)17-14(18)12-2-3-13-11(10-12)4-9-19-13/h2-3,10,16H,4-9H2,1H3,(H,17,18). The average Bonchev–Trinajstić information content (AvgIpc) is 2.86. The second-order valence-electron chi connectivity index (χ2n) is 5.69. The Morgan fingerprint density at radius 3 is 2.95 bits per heavy atom. The molecule has 19 heavy (non-hydrogen) atoms. The zero-order chi connectivity index (χ0) is 13.3. The van der Waals surface area contributed by atoms with Crippen molar-refractivity contribution in [1.29, 1.82) is 0 Å². The van der Waals surface area contributed by atoms with Crippen molar-refractivity contribution >= 4 is 5.91 Å². The van der Waals surface area contributed by atoms with Gasteiger partial charge in [0, 0.05) is 17.5 Å². The first-order valence-electron chi connectivity index (χ1n) is 6.95. The number of piperidine rings is 1. The third-order valence-corrected chi connectivity index (χ3v) is 4.07. The molecule has 2 aliphatic heterocycles. The van der Waals surface area contributed by atoms with E-state index < -0.39 is 0 Å². The van der Waals surface area contributed by atoms with Gasteiger partial charge < -0.3 is 15.4 Å². The Bertz CT molecular complexity index is 493. The van der Waals surface area contributed by atoms with Crippen LogP contribution in [0.4, 0.5) is 0 Å². The molecule has 2 aliphatic rings. The van der Waals surface area contributed by atoms with Gasteiger partial charge in [0.15, 0.2) is 0 Å². The molecule has 0 aromatic heterocycles. The molecule has 0 aliphatic carbocycles. The number of nitrogens with one attached hydrogen (secondary N) is 2. The number of carbonyl (C=O) groups is 1. The van der Waals surface area contributed by atoms with Gasteiger partial charge in [0.25, 0.3) is 5.91 Å². The highest BCUT2D eigenvalue weighted by atomic mass is 16.5. The largest absolute Gasteiger partial charge is 0.493 e. The molecular formula is C15H20N2O2. The van der Waals surface area contributed by atoms with Crippen LogP contribution in [0.2, 0.25) is 0 Å². The van der Waals surface area contributed by atoms with E-state index in [1.165, 1.54) is 0 Å². The minimum absolute atomic E-state index is 0.0269. The molecule has 4 heteroatoms. The Morgan fingerprint density at radius 2 is 2.16 bits per heavy atom. The van der Waals surface area contributed by atoms with Crippen molar-refractivity contribution in [2.24, 2.45) is 0 Å². The van der Waals surface area contributed by atoms with E-state index in [4.69, 9.17) is 4.74 Å². The third-order valence-electron chi connectivity index (χ3n) is 4.07. The van der Waals surface area contributed by atoms with Gasteiger partial charge >= 0.3 is 0 Å². The van der Waals surface area contributed by atoms with Gasteiger partial charge in [-0.3, -0.25) is 4.79 Å². The van der Waals surface area contributed by atoms with Crippen LogP contribution in [0, 0.1) is 0 Å². The van der Waals surface area contributed by atoms with E-state index in [1.54, 1.807) is 0 Å². The molecular weight excluding hydrogens is 240 g/mol. The number of hydrogen-bond donors (Lipinski definition) is 2. The SMILES string of the molecule is CC1(NC(=O)c2ccc3c(c2)CCO3)CCNCC1. The first-order valence-corrected chi connectivity index (χ1v) is 6.95. The van der Waals surface area contributed by atoms with Gasteiger partial charge in [-0.15, -0.1) is 0 Å². The molecule has 2 N–H and O–H groups in total. The molecule has 3 rings (SSSR count). The van der Waals surface area contributed by atoms with Crippen LogP contribution in [0.25, 0.3) is 0 Å². The Balaban J connectivity index is 1.73. The fraction of sp³-hybridized carbons (Fsp3) is 0.533. The van der Waals surface area contributed by atoms with Crippen LogP contribution in [0.5, 0.6) is 5.75 Å². The molecule has 0 unspecified atom stereocenters. The monoisotopic (exact) mass is 260 g/mol. The van der Waals surface area contributed by atoms with Crippen LogP contribution >= 0.6 is 0 Å². The smallest absolute Gasteiger partial charge is 0.251 e. The van der Waals surface area contributed by atoms with Crippen molar-refractivity contribution in [2.45, 2.75) is 31.7 Å². The minimum atomic E-state index is -0.0855. The predicted octanol–water partition coefficient (Wildman–Crippen LogP) is 1.49. The van der Waals surface area contributed by atoms with Crippen molar-refractivity contribution in [2.75, 3.05) is 19.7 Å². The maximum Gasteiger partial charge on any atom is 0.251 e. The third kappa shape index (κ3) is 2.59. The van der Waals surface area contributed by atoms with Crippen LogP contribution in [0.15, 0.2) is 18.2 Å². The molecule has 1 saturated heterocycles. The van der Waals surface area contributed by atoms with Gasteiger partial charge in [-0.25, -0.2) is 0 Å². The van der Waals surface area contributed by atoms with Crippen LogP contribution in [0.1, 0.15) is 35.7 Å². The number of carbonyl (C=O) groups excluding carboxylic acids is 1. The summed E-state index contributed by atoms with van der Waals surface area (Å²) in [5.74, 6) is 0.948. The lowest BCUT2D eigenvalue weighted by atomic mass is 9.90. The lowest BCUT2D eigenvalue weighted by Gasteiger charge is -2.35. The molecule has 1 aromatic carbocycles. The van der Waals surface area contributed by atoms with E-state index in [-0.39, 0.29) is 11.4 Å². The van der Waals surface area contributed by atoms with E-state index in [0.717, 1.165) is 55.8 Å². The number of fused-ring (bicyclic) bond motifs is 1. The quantitative estimate of drug-likeness (QED) is 0.847. The highest BCUT2D eigenvalue weighted by molar-refractivity contribution is 5.95. The Hall–Kier alpha value is -1.55. The minimum Gasteiger partial charge on any atom is -0.493 e. The summed E-state index contributed by atoms with van der Waals surface area (Å²) in [6, 6.07) is 5.72. The zero-order valence-electron chi connectivity index (χ0n) is 11.3. The van der Waals surface area contributed by atoms with Crippen molar-refractivity contribution in [3.05, 3.63) is 29.3 Å². The predicted molar refractivity (Wildman–Crippen MR) is 73.6 cm³/mol. The van der Waals surface area contributed by atoms with E-state index in [2.05, 4.69) is 17.6 Å². The summed E-state index contributed by atoms with van der Waals surface area (Å²) in [6.07, 6.45) is 2.86. The van der Waals surface area contributed by atoms with Gasteiger partial charge in [-0.1, -0.05) is 0 Å². The Morgan fingerprint density at radius 1 is 1.37 bits per heavy atom. The average molecular weight is 260 g/mol. The fourth-order valence-corrected chi connectivity index (χ4v) is 2.78. The molecule has 0 saturated carbocycles. The first kappa shape index (κ1) is 12.5. The van der Waals surface area contributed by atoms with Crippen molar-refractivity contribution in [3.8, 4) is 5.75 Å². The van der Waals surface area contributed by atoms with Crippen molar-refractivity contribution in [1.82, 2.24) is 10.6 Å². The van der Waals surface area contributed by atoms with E-state index in [1.807, 2.05) is 18.2 Å². The van der Waals surface area contributed by atoms with E-state index >= 15 is 0 Å². The van der Waals surface area contributed by atoms with E-state index in [9.17, 15) is 4.79 Å². The summed E-state index contributed by atoms with van der Waals surface area (Å²) in [6.45, 7) is 4.79.